The van der Waals surface area contributed by atoms with E-state index in [-0.39, 0.29) is 29.3 Å². The molecule has 1 aliphatic heterocycles. The predicted molar refractivity (Wildman–Crippen MR) is 94.5 cm³/mol. The molecule has 0 spiro atoms. The molecule has 0 bridgehead atoms. The van der Waals surface area contributed by atoms with Crippen LogP contribution >= 0.6 is 0 Å². The van der Waals surface area contributed by atoms with Crippen molar-refractivity contribution in [1.82, 2.24) is 0 Å². The van der Waals surface area contributed by atoms with Crippen molar-refractivity contribution < 1.29 is 19.2 Å². The van der Waals surface area contributed by atoms with Gasteiger partial charge in [-0.2, -0.15) is 0 Å². The second kappa shape index (κ2) is 7.06. The number of nitrogens with one attached hydrogen (secondary N) is 2. The number of amides is 1. The molecule has 132 valence electrons. The lowest BCUT2D eigenvalue weighted by molar-refractivity contribution is -0.383. The number of cyclic esters (lactones) is 1. The number of carbonyl (C=O) groups excluding carboxylic acids is 2. The third kappa shape index (κ3) is 3.54. The number of hydrogen-bond acceptors (Lipinski definition) is 6. The quantitative estimate of drug-likeness (QED) is 0.370. The monoisotopic (exact) mass is 353 g/mol. The van der Waals surface area contributed by atoms with Gasteiger partial charge in [0.15, 0.2) is 0 Å². The molecule has 0 atom stereocenters. The lowest BCUT2D eigenvalue weighted by Crippen LogP contribution is -2.20. The Kier molecular flexibility index (Phi) is 4.66. The first-order chi connectivity index (χ1) is 12.5. The van der Waals surface area contributed by atoms with Crippen LogP contribution in [0.3, 0.4) is 0 Å². The Hall–Kier alpha value is -3.68. The number of rotatable bonds is 5. The molecule has 2 aromatic carbocycles. The summed E-state index contributed by atoms with van der Waals surface area (Å²) in [7, 11) is 0. The van der Waals surface area contributed by atoms with E-state index in [0.717, 1.165) is 5.56 Å². The molecule has 26 heavy (non-hydrogen) atoms. The Morgan fingerprint density at radius 3 is 2.69 bits per heavy atom. The number of anilines is 2. The zero-order chi connectivity index (χ0) is 18.7. The molecule has 0 saturated heterocycles. The van der Waals surface area contributed by atoms with E-state index in [1.165, 1.54) is 18.2 Å². The molecule has 0 aromatic heterocycles. The predicted octanol–water partition coefficient (Wildman–Crippen LogP) is 2.76. The van der Waals surface area contributed by atoms with E-state index in [1.54, 1.807) is 24.3 Å². The molecule has 2 N–H and O–H groups in total. The molecule has 3 rings (SSSR count). The third-order valence-electron chi connectivity index (χ3n) is 3.74. The topological polar surface area (TPSA) is 111 Å². The summed E-state index contributed by atoms with van der Waals surface area (Å²) in [5.41, 5.74) is 1.46. The SMILES string of the molecule is Cc1cccc(NC(=O)C2=C(Nc3ccccc3[N+](=O)[O-])COC2=O)c1. The van der Waals surface area contributed by atoms with Crippen molar-refractivity contribution in [3.63, 3.8) is 0 Å². The molecular formula is C18H15N3O5. The first-order valence-corrected chi connectivity index (χ1v) is 7.74. The number of aryl methyl sites for hydroxylation is 1. The normalized spacial score (nSPS) is 13.3. The summed E-state index contributed by atoms with van der Waals surface area (Å²) in [4.78, 5) is 35.1. The Bertz CT molecular complexity index is 936. The van der Waals surface area contributed by atoms with Crippen molar-refractivity contribution in [2.75, 3.05) is 17.2 Å². The first kappa shape index (κ1) is 17.2. The van der Waals surface area contributed by atoms with Gasteiger partial charge in [0.25, 0.3) is 11.6 Å². The van der Waals surface area contributed by atoms with Crippen molar-refractivity contribution in [3.8, 4) is 0 Å². The van der Waals surface area contributed by atoms with Gasteiger partial charge in [0.1, 0.15) is 17.9 Å². The van der Waals surface area contributed by atoms with Crippen molar-refractivity contribution in [2.45, 2.75) is 6.92 Å². The van der Waals surface area contributed by atoms with E-state index in [9.17, 15) is 19.7 Å². The minimum atomic E-state index is -0.781. The maximum Gasteiger partial charge on any atom is 0.346 e. The average molecular weight is 353 g/mol. The Balaban J connectivity index is 1.89. The standard InChI is InChI=1S/C18H15N3O5/c1-11-5-4-6-12(9-11)19-17(22)16-14(10-26-18(16)23)20-13-7-2-3-8-15(13)21(24)25/h2-9,20H,10H2,1H3,(H,19,22). The van der Waals surface area contributed by atoms with Gasteiger partial charge in [-0.25, -0.2) is 4.79 Å². The van der Waals surface area contributed by atoms with E-state index < -0.39 is 16.8 Å². The number of benzene rings is 2. The molecule has 8 nitrogen and oxygen atoms in total. The van der Waals surface area contributed by atoms with E-state index in [4.69, 9.17) is 4.74 Å². The van der Waals surface area contributed by atoms with Crippen LogP contribution in [-0.2, 0) is 14.3 Å². The average Bonchev–Trinajstić information content (AvgIpc) is 2.95. The molecule has 1 heterocycles. The fourth-order valence-electron chi connectivity index (χ4n) is 2.55. The van der Waals surface area contributed by atoms with E-state index >= 15 is 0 Å². The summed E-state index contributed by atoms with van der Waals surface area (Å²) in [5, 5.41) is 16.5. The zero-order valence-electron chi connectivity index (χ0n) is 13.8. The number of hydrogen-bond donors (Lipinski definition) is 2. The number of carbonyl (C=O) groups is 2. The highest BCUT2D eigenvalue weighted by Crippen LogP contribution is 2.27. The van der Waals surface area contributed by atoms with Crippen LogP contribution in [0.25, 0.3) is 0 Å². The molecule has 0 fully saturated rings. The van der Waals surface area contributed by atoms with E-state index in [0.29, 0.717) is 5.69 Å². The van der Waals surface area contributed by atoms with Crippen LogP contribution in [0.15, 0.2) is 59.8 Å². The zero-order valence-corrected chi connectivity index (χ0v) is 13.8. The van der Waals surface area contributed by atoms with Crippen LogP contribution in [0, 0.1) is 17.0 Å². The first-order valence-electron chi connectivity index (χ1n) is 7.74. The fraction of sp³-hybridized carbons (Fsp3) is 0.111. The molecule has 2 aromatic rings. The Morgan fingerprint density at radius 1 is 1.19 bits per heavy atom. The summed E-state index contributed by atoms with van der Waals surface area (Å²) in [5.74, 6) is -1.42. The van der Waals surface area contributed by atoms with Crippen LogP contribution < -0.4 is 10.6 Å². The summed E-state index contributed by atoms with van der Waals surface area (Å²) >= 11 is 0. The fourth-order valence-corrected chi connectivity index (χ4v) is 2.55. The van der Waals surface area contributed by atoms with Gasteiger partial charge in [0, 0.05) is 11.8 Å². The number of esters is 1. The van der Waals surface area contributed by atoms with Gasteiger partial charge < -0.3 is 15.4 Å². The summed E-state index contributed by atoms with van der Waals surface area (Å²) in [6.07, 6.45) is 0. The highest BCUT2D eigenvalue weighted by atomic mass is 16.6. The highest BCUT2D eigenvalue weighted by molar-refractivity contribution is 6.23. The van der Waals surface area contributed by atoms with Crippen LogP contribution in [0.5, 0.6) is 0 Å². The molecular weight excluding hydrogens is 338 g/mol. The van der Waals surface area contributed by atoms with Crippen molar-refractivity contribution in [1.29, 1.82) is 0 Å². The van der Waals surface area contributed by atoms with Gasteiger partial charge in [-0.05, 0) is 30.7 Å². The smallest absolute Gasteiger partial charge is 0.346 e. The van der Waals surface area contributed by atoms with E-state index in [2.05, 4.69) is 10.6 Å². The molecule has 8 heteroatoms. The molecule has 1 aliphatic rings. The highest BCUT2D eigenvalue weighted by Gasteiger charge is 2.32. The molecule has 0 unspecified atom stereocenters. The minimum absolute atomic E-state index is 0.165. The maximum atomic E-state index is 12.5. The van der Waals surface area contributed by atoms with Gasteiger partial charge in [0.2, 0.25) is 0 Å². The molecule has 0 radical (unpaired) electrons. The minimum Gasteiger partial charge on any atom is -0.455 e. The van der Waals surface area contributed by atoms with Crippen LogP contribution in [0.4, 0.5) is 17.1 Å². The Labute approximate surface area is 148 Å². The number of nitrogens with zero attached hydrogens (tertiary/aromatic N) is 1. The molecule has 0 saturated carbocycles. The second-order valence-electron chi connectivity index (χ2n) is 5.65. The van der Waals surface area contributed by atoms with Gasteiger partial charge in [0.05, 0.1) is 10.6 Å². The summed E-state index contributed by atoms with van der Waals surface area (Å²) in [6, 6.07) is 13.1. The lowest BCUT2D eigenvalue weighted by atomic mass is 10.1. The van der Waals surface area contributed by atoms with Crippen molar-refractivity contribution in [2.24, 2.45) is 0 Å². The van der Waals surface area contributed by atoms with Crippen LogP contribution in [0.2, 0.25) is 0 Å². The molecule has 1 amide bonds. The molecule has 0 aliphatic carbocycles. The number of nitro groups is 1. The Morgan fingerprint density at radius 2 is 1.96 bits per heavy atom. The van der Waals surface area contributed by atoms with E-state index in [1.807, 2.05) is 13.0 Å². The number of nitro benzene ring substituents is 1. The van der Waals surface area contributed by atoms with Gasteiger partial charge >= 0.3 is 5.97 Å². The van der Waals surface area contributed by atoms with Gasteiger partial charge in [-0.15, -0.1) is 0 Å². The van der Waals surface area contributed by atoms with Gasteiger partial charge in [-0.3, -0.25) is 14.9 Å². The summed E-state index contributed by atoms with van der Waals surface area (Å²) in [6.45, 7) is 1.71. The number of ether oxygens (including phenoxy) is 1. The maximum absolute atomic E-state index is 12.5. The van der Waals surface area contributed by atoms with Crippen LogP contribution in [-0.4, -0.2) is 23.4 Å². The van der Waals surface area contributed by atoms with Crippen molar-refractivity contribution in [3.05, 3.63) is 75.5 Å². The van der Waals surface area contributed by atoms with Gasteiger partial charge in [-0.1, -0.05) is 24.3 Å². The lowest BCUT2D eigenvalue weighted by Gasteiger charge is -2.09. The second-order valence-corrected chi connectivity index (χ2v) is 5.65. The van der Waals surface area contributed by atoms with Crippen LogP contribution in [0.1, 0.15) is 5.56 Å². The largest absolute Gasteiger partial charge is 0.455 e. The number of para-hydroxylation sites is 2. The summed E-state index contributed by atoms with van der Waals surface area (Å²) < 4.78 is 4.93. The van der Waals surface area contributed by atoms with Crippen molar-refractivity contribution >= 4 is 28.9 Å². The third-order valence-corrected chi connectivity index (χ3v) is 3.74.